The molecule has 1 unspecified atom stereocenters. The van der Waals surface area contributed by atoms with Gasteiger partial charge in [-0.1, -0.05) is 11.6 Å². The number of aromatic nitrogens is 2. The van der Waals surface area contributed by atoms with Gasteiger partial charge in [-0.05, 0) is 30.3 Å². The van der Waals surface area contributed by atoms with Gasteiger partial charge in [0.25, 0.3) is 5.91 Å². The smallest absolute Gasteiger partial charge is 0.254 e. The lowest BCUT2D eigenvalue weighted by Gasteiger charge is -2.26. The Morgan fingerprint density at radius 1 is 1.29 bits per heavy atom. The fraction of sp³-hybridized carbons (Fsp3) is 0.105. The van der Waals surface area contributed by atoms with E-state index in [1.807, 2.05) is 0 Å². The molecule has 9 heteroatoms. The maximum absolute atomic E-state index is 14.0. The molecular formula is C19H13ClFN5O2. The molecule has 7 nitrogen and oxygen atoms in total. The van der Waals surface area contributed by atoms with Gasteiger partial charge in [-0.3, -0.25) is 4.79 Å². The molecule has 3 aromatic rings. The number of aromatic hydroxyl groups is 1. The summed E-state index contributed by atoms with van der Waals surface area (Å²) < 4.78 is 14.0. The van der Waals surface area contributed by atoms with Crippen LogP contribution in [0.2, 0.25) is 5.02 Å². The van der Waals surface area contributed by atoms with Gasteiger partial charge in [0.15, 0.2) is 0 Å². The van der Waals surface area contributed by atoms with Gasteiger partial charge in [-0.15, -0.1) is 0 Å². The van der Waals surface area contributed by atoms with E-state index in [0.717, 1.165) is 0 Å². The van der Waals surface area contributed by atoms with Gasteiger partial charge in [-0.25, -0.2) is 14.4 Å². The summed E-state index contributed by atoms with van der Waals surface area (Å²) in [7, 11) is 0. The van der Waals surface area contributed by atoms with Crippen LogP contribution in [0.25, 0.3) is 0 Å². The van der Waals surface area contributed by atoms with Crippen molar-refractivity contribution in [3.8, 4) is 5.75 Å². The largest absolute Gasteiger partial charge is 0.505 e. The van der Waals surface area contributed by atoms with Crippen LogP contribution in [-0.4, -0.2) is 27.5 Å². The van der Waals surface area contributed by atoms with Gasteiger partial charge >= 0.3 is 0 Å². The fourth-order valence-electron chi connectivity index (χ4n) is 3.88. The number of carbonyl (C=O) groups excluding carboxylic acids is 1. The van der Waals surface area contributed by atoms with Crippen molar-refractivity contribution in [3.05, 3.63) is 70.4 Å². The molecule has 1 atom stereocenters. The third-order valence-corrected chi connectivity index (χ3v) is 5.36. The van der Waals surface area contributed by atoms with Crippen LogP contribution < -0.4 is 16.0 Å². The molecule has 1 aromatic heterocycles. The molecular weight excluding hydrogens is 385 g/mol. The number of carbonyl (C=O) groups is 1. The summed E-state index contributed by atoms with van der Waals surface area (Å²) in [6.45, 7) is 0.255. The van der Waals surface area contributed by atoms with E-state index in [9.17, 15) is 14.3 Å². The van der Waals surface area contributed by atoms with Crippen LogP contribution in [0.5, 0.6) is 5.75 Å². The summed E-state index contributed by atoms with van der Waals surface area (Å²) in [6.07, 6.45) is 2.91. The molecule has 2 aliphatic rings. The maximum Gasteiger partial charge on any atom is 0.254 e. The number of halogens is 2. The minimum atomic E-state index is -1.12. The molecule has 2 aromatic carbocycles. The van der Waals surface area contributed by atoms with Crippen LogP contribution in [0.1, 0.15) is 21.5 Å². The van der Waals surface area contributed by atoms with Crippen molar-refractivity contribution in [2.45, 2.75) is 5.54 Å². The van der Waals surface area contributed by atoms with Crippen molar-refractivity contribution in [1.82, 2.24) is 15.3 Å². The van der Waals surface area contributed by atoms with Crippen LogP contribution in [0.3, 0.4) is 0 Å². The summed E-state index contributed by atoms with van der Waals surface area (Å²) in [5.74, 6) is -0.577. The molecule has 0 fully saturated rings. The third kappa shape index (κ3) is 2.24. The van der Waals surface area contributed by atoms with Crippen LogP contribution >= 0.6 is 11.6 Å². The number of hydrogen-bond acceptors (Lipinski definition) is 6. The zero-order chi connectivity index (χ0) is 19.5. The maximum atomic E-state index is 14.0. The lowest BCUT2D eigenvalue weighted by molar-refractivity contribution is 0.0945. The molecule has 28 heavy (non-hydrogen) atoms. The summed E-state index contributed by atoms with van der Waals surface area (Å²) in [6, 6.07) is 7.38. The predicted octanol–water partition coefficient (Wildman–Crippen LogP) is 3.13. The number of phenols is 1. The highest BCUT2D eigenvalue weighted by Crippen LogP contribution is 2.52. The van der Waals surface area contributed by atoms with Gasteiger partial charge in [0, 0.05) is 29.6 Å². The molecule has 1 amide bonds. The first-order chi connectivity index (χ1) is 13.5. The standard InChI is InChI=1S/C19H13ClFN5O2/c20-11-6-13(25-14-3-4-22-8-24-14)17(27)16-15(11)18(28)26-19(16)7-23-12-2-1-9(21)5-10(12)19/h1-6,8,23,27H,7H2,(H,26,28)(H,22,24,25). The number of benzene rings is 2. The number of nitrogens with zero attached hydrogens (tertiary/aromatic N) is 2. The Morgan fingerprint density at radius 3 is 2.93 bits per heavy atom. The number of phenolic OH excluding ortho intramolecular Hbond substituents is 1. The average molecular weight is 398 g/mol. The van der Waals surface area contributed by atoms with E-state index in [0.29, 0.717) is 22.6 Å². The molecule has 2 aliphatic heterocycles. The first-order valence-corrected chi connectivity index (χ1v) is 8.83. The van der Waals surface area contributed by atoms with Crippen molar-refractivity contribution >= 4 is 34.7 Å². The van der Waals surface area contributed by atoms with Gasteiger partial charge in [-0.2, -0.15) is 0 Å². The van der Waals surface area contributed by atoms with Crippen LogP contribution in [-0.2, 0) is 5.54 Å². The van der Waals surface area contributed by atoms with Crippen molar-refractivity contribution in [2.75, 3.05) is 17.2 Å². The Balaban J connectivity index is 1.73. The van der Waals surface area contributed by atoms with Gasteiger partial charge in [0.1, 0.15) is 29.3 Å². The summed E-state index contributed by atoms with van der Waals surface area (Å²) >= 11 is 6.39. The van der Waals surface area contributed by atoms with E-state index < -0.39 is 17.3 Å². The number of anilines is 3. The average Bonchev–Trinajstić information content (AvgIpc) is 3.18. The normalized spacial score (nSPS) is 19.1. The molecule has 5 rings (SSSR count). The highest BCUT2D eigenvalue weighted by molar-refractivity contribution is 6.35. The molecule has 1 spiro atoms. The second kappa shape index (κ2) is 5.80. The van der Waals surface area contributed by atoms with Gasteiger partial charge < -0.3 is 21.1 Å². The second-order valence-corrected chi connectivity index (χ2v) is 7.03. The Bertz CT molecular complexity index is 1140. The number of rotatable bonds is 2. The highest BCUT2D eigenvalue weighted by atomic mass is 35.5. The molecule has 4 N–H and O–H groups in total. The predicted molar refractivity (Wildman–Crippen MR) is 102 cm³/mol. The zero-order valence-electron chi connectivity index (χ0n) is 14.3. The number of nitrogens with one attached hydrogen (secondary N) is 3. The number of fused-ring (bicyclic) bond motifs is 4. The van der Waals surface area contributed by atoms with E-state index in [4.69, 9.17) is 11.6 Å². The molecule has 140 valence electrons. The Hall–Kier alpha value is -3.39. The van der Waals surface area contributed by atoms with E-state index in [1.54, 1.807) is 18.3 Å². The lowest BCUT2D eigenvalue weighted by Crippen LogP contribution is -2.42. The molecule has 0 radical (unpaired) electrons. The molecule has 3 heterocycles. The lowest BCUT2D eigenvalue weighted by atomic mass is 9.84. The molecule has 0 saturated carbocycles. The first kappa shape index (κ1) is 16.8. The summed E-state index contributed by atoms with van der Waals surface area (Å²) in [4.78, 5) is 20.6. The Kier molecular flexibility index (Phi) is 3.47. The van der Waals surface area contributed by atoms with Gasteiger partial charge in [0.2, 0.25) is 0 Å². The van der Waals surface area contributed by atoms with Crippen molar-refractivity contribution in [1.29, 1.82) is 0 Å². The second-order valence-electron chi connectivity index (χ2n) is 6.63. The fourth-order valence-corrected chi connectivity index (χ4v) is 4.16. The topological polar surface area (TPSA) is 99.2 Å². The number of hydrogen-bond donors (Lipinski definition) is 4. The highest BCUT2D eigenvalue weighted by Gasteiger charge is 2.52. The quantitative estimate of drug-likeness (QED) is 0.496. The SMILES string of the molecule is O=C1NC2(CNc3ccc(F)cc32)c2c(O)c(Nc3ccncn3)cc(Cl)c21. The molecule has 0 bridgehead atoms. The van der Waals surface area contributed by atoms with E-state index in [-0.39, 0.29) is 28.6 Å². The van der Waals surface area contributed by atoms with Crippen molar-refractivity contribution in [3.63, 3.8) is 0 Å². The van der Waals surface area contributed by atoms with Crippen LogP contribution in [0, 0.1) is 5.82 Å². The molecule has 0 saturated heterocycles. The minimum Gasteiger partial charge on any atom is -0.505 e. The van der Waals surface area contributed by atoms with Crippen molar-refractivity contribution in [2.24, 2.45) is 0 Å². The van der Waals surface area contributed by atoms with E-state index in [1.165, 1.54) is 24.5 Å². The van der Waals surface area contributed by atoms with E-state index >= 15 is 0 Å². The number of amides is 1. The van der Waals surface area contributed by atoms with Crippen LogP contribution in [0.4, 0.5) is 21.6 Å². The summed E-state index contributed by atoms with van der Waals surface area (Å²) in [5, 5.41) is 20.3. The Morgan fingerprint density at radius 2 is 2.14 bits per heavy atom. The first-order valence-electron chi connectivity index (χ1n) is 8.45. The van der Waals surface area contributed by atoms with Crippen molar-refractivity contribution < 1.29 is 14.3 Å². The minimum absolute atomic E-state index is 0.157. The monoisotopic (exact) mass is 397 g/mol. The third-order valence-electron chi connectivity index (χ3n) is 5.06. The van der Waals surface area contributed by atoms with Crippen LogP contribution in [0.15, 0.2) is 42.9 Å². The Labute approximate surface area is 163 Å². The summed E-state index contributed by atoms with van der Waals surface area (Å²) in [5.41, 5.74) is 0.846. The molecule has 0 aliphatic carbocycles. The zero-order valence-corrected chi connectivity index (χ0v) is 15.0. The van der Waals surface area contributed by atoms with Gasteiger partial charge in [0.05, 0.1) is 16.3 Å². The van der Waals surface area contributed by atoms with E-state index in [2.05, 4.69) is 25.9 Å².